The third-order valence-corrected chi connectivity index (χ3v) is 3.29. The van der Waals surface area contributed by atoms with Gasteiger partial charge in [0.25, 0.3) is 0 Å². The Balaban J connectivity index is 1.94. The van der Waals surface area contributed by atoms with E-state index in [1.54, 1.807) is 0 Å². The lowest BCUT2D eigenvalue weighted by Gasteiger charge is -2.09. The van der Waals surface area contributed by atoms with Crippen LogP contribution in [0.1, 0.15) is 20.8 Å². The van der Waals surface area contributed by atoms with Crippen molar-refractivity contribution in [1.82, 2.24) is 10.6 Å². The molecule has 0 amide bonds. The van der Waals surface area contributed by atoms with Crippen LogP contribution in [0, 0.1) is 5.92 Å². The van der Waals surface area contributed by atoms with Crippen LogP contribution >= 0.6 is 11.8 Å². The molecule has 0 aliphatic carbocycles. The van der Waals surface area contributed by atoms with Crippen LogP contribution in [0.25, 0.3) is 0 Å². The van der Waals surface area contributed by atoms with E-state index in [0.717, 1.165) is 30.7 Å². The number of nitrogens with zero attached hydrogens (tertiary/aromatic N) is 1. The second-order valence-electron chi connectivity index (χ2n) is 4.13. The van der Waals surface area contributed by atoms with Crippen molar-refractivity contribution >= 4 is 17.7 Å². The summed E-state index contributed by atoms with van der Waals surface area (Å²) in [6.07, 6.45) is 0. The van der Waals surface area contributed by atoms with Gasteiger partial charge in [-0.3, -0.25) is 4.99 Å². The van der Waals surface area contributed by atoms with E-state index in [0.29, 0.717) is 6.04 Å². The Bertz CT molecular complexity index is 192. The normalized spacial score (nSPS) is 20.9. The number of aliphatic imine (C=N–C) groups is 1. The van der Waals surface area contributed by atoms with Crippen molar-refractivity contribution in [2.45, 2.75) is 26.8 Å². The second-order valence-corrected chi connectivity index (χ2v) is 5.28. The lowest BCUT2D eigenvalue weighted by atomic mass is 10.3. The van der Waals surface area contributed by atoms with Gasteiger partial charge in [-0.1, -0.05) is 13.8 Å². The molecule has 0 saturated heterocycles. The highest BCUT2D eigenvalue weighted by molar-refractivity contribution is 7.99. The zero-order valence-corrected chi connectivity index (χ0v) is 10.2. The summed E-state index contributed by atoms with van der Waals surface area (Å²) in [5.74, 6) is 4.18. The van der Waals surface area contributed by atoms with Crippen molar-refractivity contribution in [2.75, 3.05) is 24.6 Å². The van der Waals surface area contributed by atoms with Crippen molar-refractivity contribution < 1.29 is 0 Å². The van der Waals surface area contributed by atoms with Gasteiger partial charge >= 0.3 is 0 Å². The molecule has 0 fully saturated rings. The molecular formula is C10H21N3S. The van der Waals surface area contributed by atoms with Crippen LogP contribution in [0.2, 0.25) is 0 Å². The van der Waals surface area contributed by atoms with Crippen molar-refractivity contribution in [3.63, 3.8) is 0 Å². The fraction of sp³-hybridized carbons (Fsp3) is 0.900. The average Bonchev–Trinajstić information content (AvgIpc) is 2.50. The maximum atomic E-state index is 4.33. The summed E-state index contributed by atoms with van der Waals surface area (Å²) in [5.41, 5.74) is 0. The first kappa shape index (κ1) is 11.7. The molecule has 0 bridgehead atoms. The van der Waals surface area contributed by atoms with Crippen molar-refractivity contribution in [2.24, 2.45) is 10.9 Å². The molecule has 1 unspecified atom stereocenters. The van der Waals surface area contributed by atoms with Crippen LogP contribution in [0.3, 0.4) is 0 Å². The van der Waals surface area contributed by atoms with Crippen LogP contribution in [0.15, 0.2) is 4.99 Å². The first-order valence-electron chi connectivity index (χ1n) is 5.31. The Morgan fingerprint density at radius 3 is 3.00 bits per heavy atom. The molecule has 0 radical (unpaired) electrons. The minimum Gasteiger partial charge on any atom is -0.356 e. The van der Waals surface area contributed by atoms with E-state index in [4.69, 9.17) is 0 Å². The summed E-state index contributed by atoms with van der Waals surface area (Å²) in [6, 6.07) is 0.501. The Hall–Kier alpha value is -0.380. The highest BCUT2D eigenvalue weighted by Crippen LogP contribution is 2.05. The number of guanidine groups is 1. The topological polar surface area (TPSA) is 36.4 Å². The molecular weight excluding hydrogens is 194 g/mol. The first-order chi connectivity index (χ1) is 6.68. The Morgan fingerprint density at radius 2 is 2.43 bits per heavy atom. The summed E-state index contributed by atoms with van der Waals surface area (Å²) in [7, 11) is 0. The molecule has 1 heterocycles. The largest absolute Gasteiger partial charge is 0.356 e. The second kappa shape index (κ2) is 6.17. The summed E-state index contributed by atoms with van der Waals surface area (Å²) in [6.45, 7) is 8.57. The summed E-state index contributed by atoms with van der Waals surface area (Å²) in [4.78, 5) is 4.33. The Kier molecular flexibility index (Phi) is 5.15. The minimum atomic E-state index is 0.501. The highest BCUT2D eigenvalue weighted by atomic mass is 32.2. The van der Waals surface area contributed by atoms with Crippen molar-refractivity contribution in [3.8, 4) is 0 Å². The molecule has 0 spiro atoms. The summed E-state index contributed by atoms with van der Waals surface area (Å²) >= 11 is 2.00. The fourth-order valence-corrected chi connectivity index (χ4v) is 2.10. The van der Waals surface area contributed by atoms with Gasteiger partial charge in [-0.15, -0.1) is 0 Å². The smallest absolute Gasteiger partial charge is 0.191 e. The van der Waals surface area contributed by atoms with Gasteiger partial charge < -0.3 is 10.6 Å². The van der Waals surface area contributed by atoms with E-state index in [-0.39, 0.29) is 0 Å². The monoisotopic (exact) mass is 215 g/mol. The van der Waals surface area contributed by atoms with E-state index in [1.165, 1.54) is 5.75 Å². The quantitative estimate of drug-likeness (QED) is 0.679. The number of nitrogens with one attached hydrogen (secondary N) is 2. The van der Waals surface area contributed by atoms with Crippen LogP contribution in [0.4, 0.5) is 0 Å². The average molecular weight is 215 g/mol. The molecule has 0 aromatic heterocycles. The third kappa shape index (κ3) is 4.74. The summed E-state index contributed by atoms with van der Waals surface area (Å²) in [5, 5.41) is 6.59. The Labute approximate surface area is 91.1 Å². The van der Waals surface area contributed by atoms with E-state index < -0.39 is 0 Å². The minimum absolute atomic E-state index is 0.501. The van der Waals surface area contributed by atoms with Crippen LogP contribution in [-0.4, -0.2) is 36.6 Å². The molecule has 14 heavy (non-hydrogen) atoms. The highest BCUT2D eigenvalue weighted by Gasteiger charge is 2.10. The van der Waals surface area contributed by atoms with Crippen LogP contribution in [-0.2, 0) is 0 Å². The van der Waals surface area contributed by atoms with Gasteiger partial charge in [0.05, 0.1) is 6.54 Å². The van der Waals surface area contributed by atoms with Gasteiger partial charge in [0, 0.05) is 18.3 Å². The SMILES string of the molecule is CC(C)CSCCNC1=NCC(C)N1. The van der Waals surface area contributed by atoms with Crippen LogP contribution in [0.5, 0.6) is 0 Å². The number of hydrogen-bond donors (Lipinski definition) is 2. The first-order valence-corrected chi connectivity index (χ1v) is 6.46. The molecule has 2 N–H and O–H groups in total. The molecule has 0 saturated carbocycles. The zero-order chi connectivity index (χ0) is 10.4. The zero-order valence-electron chi connectivity index (χ0n) is 9.34. The molecule has 0 aromatic rings. The molecule has 82 valence electrons. The fourth-order valence-electron chi connectivity index (χ4n) is 1.22. The van der Waals surface area contributed by atoms with Gasteiger partial charge in [-0.05, 0) is 18.6 Å². The van der Waals surface area contributed by atoms with E-state index in [1.807, 2.05) is 11.8 Å². The molecule has 1 aliphatic heterocycles. The van der Waals surface area contributed by atoms with Crippen molar-refractivity contribution in [3.05, 3.63) is 0 Å². The molecule has 3 nitrogen and oxygen atoms in total. The van der Waals surface area contributed by atoms with Gasteiger partial charge in [-0.2, -0.15) is 11.8 Å². The van der Waals surface area contributed by atoms with E-state index >= 15 is 0 Å². The van der Waals surface area contributed by atoms with Gasteiger partial charge in [0.1, 0.15) is 0 Å². The number of thioether (sulfide) groups is 1. The number of hydrogen-bond acceptors (Lipinski definition) is 4. The number of rotatable bonds is 5. The van der Waals surface area contributed by atoms with Crippen LogP contribution < -0.4 is 10.6 Å². The molecule has 1 atom stereocenters. The molecule has 1 aliphatic rings. The molecule has 0 aromatic carbocycles. The van der Waals surface area contributed by atoms with E-state index in [2.05, 4.69) is 36.4 Å². The van der Waals surface area contributed by atoms with Crippen molar-refractivity contribution in [1.29, 1.82) is 0 Å². The maximum absolute atomic E-state index is 4.33. The standard InChI is InChI=1S/C10H21N3S/c1-8(2)7-14-5-4-11-10-12-6-9(3)13-10/h8-9H,4-7H2,1-3H3,(H2,11,12,13). The Morgan fingerprint density at radius 1 is 1.64 bits per heavy atom. The van der Waals surface area contributed by atoms with Gasteiger partial charge in [-0.25, -0.2) is 0 Å². The lowest BCUT2D eigenvalue weighted by molar-refractivity contribution is 0.716. The predicted molar refractivity (Wildman–Crippen MR) is 65.1 cm³/mol. The predicted octanol–water partition coefficient (Wildman–Crippen LogP) is 1.31. The maximum Gasteiger partial charge on any atom is 0.191 e. The van der Waals surface area contributed by atoms with E-state index in [9.17, 15) is 0 Å². The lowest BCUT2D eigenvalue weighted by Crippen LogP contribution is -2.38. The molecule has 1 rings (SSSR count). The van der Waals surface area contributed by atoms with Gasteiger partial charge in [0.2, 0.25) is 0 Å². The third-order valence-electron chi connectivity index (χ3n) is 1.90. The summed E-state index contributed by atoms with van der Waals surface area (Å²) < 4.78 is 0. The molecule has 4 heteroatoms. The van der Waals surface area contributed by atoms with Gasteiger partial charge in [0.15, 0.2) is 5.96 Å².